The Bertz CT molecular complexity index is 345. The van der Waals surface area contributed by atoms with E-state index in [0.29, 0.717) is 0 Å². The lowest BCUT2D eigenvalue weighted by molar-refractivity contribution is -0.306. The molecular weight excluding hydrogens is 254 g/mol. The van der Waals surface area contributed by atoms with Crippen molar-refractivity contribution in [2.24, 2.45) is 5.92 Å². The van der Waals surface area contributed by atoms with Gasteiger partial charge in [-0.15, -0.1) is 0 Å². The maximum atomic E-state index is 11.8. The number of hydrogen-bond donors (Lipinski definition) is 1. The minimum atomic E-state index is -1.27. The molecule has 1 fully saturated rings. The number of ether oxygens (including phenoxy) is 4. The van der Waals surface area contributed by atoms with E-state index in [1.54, 1.807) is 0 Å². The zero-order valence-electron chi connectivity index (χ0n) is 11.9. The number of β-lactam (4-membered cyclic amide) rings is 1. The van der Waals surface area contributed by atoms with Crippen molar-refractivity contribution >= 4 is 11.9 Å². The summed E-state index contributed by atoms with van der Waals surface area (Å²) >= 11 is 0. The summed E-state index contributed by atoms with van der Waals surface area (Å²) in [5.74, 6) is -2.82. The third kappa shape index (κ3) is 3.43. The maximum Gasteiger partial charge on any atom is 0.304 e. The fourth-order valence-electron chi connectivity index (χ4n) is 2.09. The third-order valence-corrected chi connectivity index (χ3v) is 2.76. The van der Waals surface area contributed by atoms with E-state index < -0.39 is 23.9 Å². The van der Waals surface area contributed by atoms with Gasteiger partial charge in [0.05, 0.1) is 6.10 Å². The average Bonchev–Trinajstić information content (AvgIpc) is 2.26. The van der Waals surface area contributed by atoms with Crippen molar-refractivity contribution in [3.63, 3.8) is 0 Å². The Morgan fingerprint density at radius 2 is 2.05 bits per heavy atom. The summed E-state index contributed by atoms with van der Waals surface area (Å²) in [4.78, 5) is 22.8. The standard InChI is InChI=1S/C12H21NO6/c1-7(2)19-12(17-5,6-16-4)9-10(15)13-11(9)18-8(3)14/h7,9,11H,6H2,1-5H3,(H,13,15)/t9?,11?,12-/m0/s1. The summed E-state index contributed by atoms with van der Waals surface area (Å²) in [5.41, 5.74) is 0. The van der Waals surface area contributed by atoms with Gasteiger partial charge in [-0.25, -0.2) is 0 Å². The first-order valence-electron chi connectivity index (χ1n) is 6.05. The minimum Gasteiger partial charge on any atom is -0.441 e. The molecule has 0 radical (unpaired) electrons. The van der Waals surface area contributed by atoms with E-state index in [1.807, 2.05) is 13.8 Å². The molecule has 1 amide bonds. The van der Waals surface area contributed by atoms with Crippen LogP contribution in [0.1, 0.15) is 20.8 Å². The number of hydrogen-bond acceptors (Lipinski definition) is 6. The Balaban J connectivity index is 2.93. The van der Waals surface area contributed by atoms with Gasteiger partial charge in [0.2, 0.25) is 11.7 Å². The summed E-state index contributed by atoms with van der Waals surface area (Å²) in [5, 5.41) is 2.50. The van der Waals surface area contributed by atoms with Crippen molar-refractivity contribution in [1.29, 1.82) is 0 Å². The molecule has 0 bridgehead atoms. The molecule has 1 heterocycles. The van der Waals surface area contributed by atoms with Crippen LogP contribution in [-0.4, -0.2) is 50.8 Å². The number of esters is 1. The van der Waals surface area contributed by atoms with Crippen LogP contribution in [0, 0.1) is 5.92 Å². The Labute approximate surface area is 112 Å². The van der Waals surface area contributed by atoms with Gasteiger partial charge in [-0.2, -0.15) is 0 Å². The van der Waals surface area contributed by atoms with Gasteiger partial charge in [-0.3, -0.25) is 9.59 Å². The molecule has 1 rings (SSSR count). The Morgan fingerprint density at radius 1 is 1.42 bits per heavy atom. The largest absolute Gasteiger partial charge is 0.441 e. The molecule has 0 aromatic rings. The fraction of sp³-hybridized carbons (Fsp3) is 0.833. The molecule has 1 saturated heterocycles. The minimum absolute atomic E-state index is 0.0531. The highest BCUT2D eigenvalue weighted by atomic mass is 16.7. The molecule has 1 aliphatic heterocycles. The number of amides is 1. The van der Waals surface area contributed by atoms with Crippen LogP contribution in [-0.2, 0) is 28.5 Å². The lowest BCUT2D eigenvalue weighted by atomic mass is 9.89. The predicted molar refractivity (Wildman–Crippen MR) is 65.0 cm³/mol. The number of rotatable bonds is 7. The van der Waals surface area contributed by atoms with Crippen molar-refractivity contribution in [1.82, 2.24) is 5.32 Å². The second-order valence-electron chi connectivity index (χ2n) is 4.63. The van der Waals surface area contributed by atoms with Crippen molar-refractivity contribution in [2.75, 3.05) is 20.8 Å². The van der Waals surface area contributed by atoms with E-state index in [9.17, 15) is 9.59 Å². The first-order valence-corrected chi connectivity index (χ1v) is 6.05. The van der Waals surface area contributed by atoms with Gasteiger partial charge in [0.15, 0.2) is 12.1 Å². The van der Waals surface area contributed by atoms with E-state index in [2.05, 4.69) is 5.32 Å². The summed E-state index contributed by atoms with van der Waals surface area (Å²) in [6, 6.07) is 0. The quantitative estimate of drug-likeness (QED) is 0.401. The first-order chi connectivity index (χ1) is 8.86. The Hall–Kier alpha value is -1.18. The second-order valence-corrected chi connectivity index (χ2v) is 4.63. The summed E-state index contributed by atoms with van der Waals surface area (Å²) in [6.07, 6.45) is -0.944. The van der Waals surface area contributed by atoms with Crippen LogP contribution in [0.15, 0.2) is 0 Å². The van der Waals surface area contributed by atoms with E-state index in [1.165, 1.54) is 21.1 Å². The lowest BCUT2D eigenvalue weighted by Gasteiger charge is -2.47. The highest BCUT2D eigenvalue weighted by Gasteiger charge is 2.58. The molecule has 0 spiro atoms. The molecule has 2 unspecified atom stereocenters. The normalized spacial score (nSPS) is 25.5. The highest BCUT2D eigenvalue weighted by Crippen LogP contribution is 2.34. The van der Waals surface area contributed by atoms with E-state index in [4.69, 9.17) is 18.9 Å². The van der Waals surface area contributed by atoms with Gasteiger partial charge in [-0.1, -0.05) is 0 Å². The fourth-order valence-corrected chi connectivity index (χ4v) is 2.09. The van der Waals surface area contributed by atoms with Crippen LogP contribution in [0.5, 0.6) is 0 Å². The Kier molecular flexibility index (Phi) is 5.28. The average molecular weight is 275 g/mol. The Morgan fingerprint density at radius 3 is 2.42 bits per heavy atom. The van der Waals surface area contributed by atoms with Crippen molar-refractivity contribution in [3.8, 4) is 0 Å². The molecule has 19 heavy (non-hydrogen) atoms. The first kappa shape index (κ1) is 15.9. The molecule has 7 nitrogen and oxygen atoms in total. The van der Waals surface area contributed by atoms with Gasteiger partial charge in [-0.05, 0) is 13.8 Å². The van der Waals surface area contributed by atoms with Crippen LogP contribution in [0.2, 0.25) is 0 Å². The van der Waals surface area contributed by atoms with Gasteiger partial charge < -0.3 is 24.3 Å². The molecule has 7 heteroatoms. The number of carbonyl (C=O) groups excluding carboxylic acids is 2. The smallest absolute Gasteiger partial charge is 0.304 e. The summed E-state index contributed by atoms with van der Waals surface area (Å²) < 4.78 is 21.2. The van der Waals surface area contributed by atoms with Gasteiger partial charge in [0.1, 0.15) is 6.61 Å². The molecule has 110 valence electrons. The SMILES string of the molecule is COC[C@](OC)(OC(C)C)C1C(=O)NC1OC(C)=O. The number of carbonyl (C=O) groups is 2. The molecule has 0 aromatic heterocycles. The zero-order chi connectivity index (χ0) is 14.6. The molecule has 1 aliphatic rings. The summed E-state index contributed by atoms with van der Waals surface area (Å²) in [7, 11) is 2.91. The van der Waals surface area contributed by atoms with Gasteiger partial charge >= 0.3 is 5.97 Å². The van der Waals surface area contributed by atoms with Crippen LogP contribution < -0.4 is 5.32 Å². The van der Waals surface area contributed by atoms with E-state index in [-0.39, 0.29) is 18.6 Å². The molecule has 3 atom stereocenters. The number of methoxy groups -OCH3 is 2. The summed E-state index contributed by atoms with van der Waals surface area (Å²) in [6.45, 7) is 4.97. The highest BCUT2D eigenvalue weighted by molar-refractivity contribution is 5.87. The van der Waals surface area contributed by atoms with Crippen LogP contribution in [0.25, 0.3) is 0 Å². The zero-order valence-corrected chi connectivity index (χ0v) is 11.9. The van der Waals surface area contributed by atoms with Crippen molar-refractivity contribution < 1.29 is 28.5 Å². The van der Waals surface area contributed by atoms with Crippen molar-refractivity contribution in [2.45, 2.75) is 38.9 Å². The molecular formula is C12H21NO6. The third-order valence-electron chi connectivity index (χ3n) is 2.76. The number of nitrogens with one attached hydrogen (secondary N) is 1. The maximum absolute atomic E-state index is 11.8. The molecule has 1 N–H and O–H groups in total. The van der Waals surface area contributed by atoms with Gasteiger partial charge in [0.25, 0.3) is 0 Å². The topological polar surface area (TPSA) is 83.1 Å². The van der Waals surface area contributed by atoms with E-state index >= 15 is 0 Å². The monoisotopic (exact) mass is 275 g/mol. The molecule has 0 saturated carbocycles. The second kappa shape index (κ2) is 6.31. The van der Waals surface area contributed by atoms with Gasteiger partial charge in [0, 0.05) is 21.1 Å². The van der Waals surface area contributed by atoms with E-state index in [0.717, 1.165) is 0 Å². The molecule has 0 aromatic carbocycles. The van der Waals surface area contributed by atoms with Crippen LogP contribution in [0.3, 0.4) is 0 Å². The van der Waals surface area contributed by atoms with Crippen LogP contribution in [0.4, 0.5) is 0 Å². The molecule has 0 aliphatic carbocycles. The predicted octanol–water partition coefficient (Wildman–Crippen LogP) is 0.0357. The van der Waals surface area contributed by atoms with Crippen molar-refractivity contribution in [3.05, 3.63) is 0 Å². The van der Waals surface area contributed by atoms with Crippen LogP contribution >= 0.6 is 0 Å². The lowest BCUT2D eigenvalue weighted by Crippen LogP contribution is -2.70.